The van der Waals surface area contributed by atoms with Crippen molar-refractivity contribution in [2.24, 2.45) is 0 Å². The van der Waals surface area contributed by atoms with E-state index in [-0.39, 0.29) is 5.75 Å². The van der Waals surface area contributed by atoms with Crippen LogP contribution in [-0.4, -0.2) is 36.6 Å². The highest BCUT2D eigenvalue weighted by Crippen LogP contribution is 2.28. The highest BCUT2D eigenvalue weighted by atomic mass is 79.9. The van der Waals surface area contributed by atoms with Gasteiger partial charge in [0.2, 0.25) is 0 Å². The molecule has 0 saturated heterocycles. The Balaban J connectivity index is 2.71. The second-order valence-corrected chi connectivity index (χ2v) is 7.69. The third-order valence-corrected chi connectivity index (χ3v) is 4.23. The molecular formula is C15H21BrN2O4S. The van der Waals surface area contributed by atoms with Crippen LogP contribution in [0.4, 0.5) is 10.5 Å². The van der Waals surface area contributed by atoms with Gasteiger partial charge in [-0.05, 0) is 39.0 Å². The Morgan fingerprint density at radius 1 is 1.39 bits per heavy atom. The molecule has 0 saturated carbocycles. The Hall–Kier alpha value is -1.41. The van der Waals surface area contributed by atoms with Crippen molar-refractivity contribution in [1.82, 2.24) is 5.32 Å². The number of nitrogens with one attached hydrogen (secondary N) is 1. The van der Waals surface area contributed by atoms with Crippen LogP contribution in [0, 0.1) is 0 Å². The van der Waals surface area contributed by atoms with E-state index in [1.807, 2.05) is 12.1 Å². The van der Waals surface area contributed by atoms with E-state index in [0.717, 1.165) is 9.37 Å². The third-order valence-electron chi connectivity index (χ3n) is 2.55. The predicted molar refractivity (Wildman–Crippen MR) is 94.5 cm³/mol. The maximum absolute atomic E-state index is 11.8. The van der Waals surface area contributed by atoms with Gasteiger partial charge < -0.3 is 20.5 Å². The molecule has 0 aliphatic heterocycles. The van der Waals surface area contributed by atoms with Crippen LogP contribution in [0.1, 0.15) is 20.8 Å². The second-order valence-electron chi connectivity index (χ2n) is 5.72. The van der Waals surface area contributed by atoms with Gasteiger partial charge in [-0.3, -0.25) is 0 Å². The van der Waals surface area contributed by atoms with E-state index in [1.54, 1.807) is 26.8 Å². The number of hydrogen-bond acceptors (Lipinski definition) is 6. The summed E-state index contributed by atoms with van der Waals surface area (Å²) < 4.78 is 10.7. The third kappa shape index (κ3) is 7.13. The zero-order valence-electron chi connectivity index (χ0n) is 13.5. The highest BCUT2D eigenvalue weighted by Gasteiger charge is 2.25. The van der Waals surface area contributed by atoms with E-state index in [4.69, 9.17) is 15.2 Å². The quantitative estimate of drug-likeness (QED) is 0.444. The second kappa shape index (κ2) is 8.44. The number of nitrogens with two attached hydrogens (primary N) is 1. The molecule has 3 N–H and O–H groups in total. The molecule has 8 heteroatoms. The number of esters is 1. The first-order valence-electron chi connectivity index (χ1n) is 6.87. The van der Waals surface area contributed by atoms with Gasteiger partial charge in [-0.15, -0.1) is 11.8 Å². The normalized spacial score (nSPS) is 12.4. The largest absolute Gasteiger partial charge is 0.467 e. The van der Waals surface area contributed by atoms with E-state index < -0.39 is 23.7 Å². The fourth-order valence-corrected chi connectivity index (χ4v) is 2.92. The number of carbonyl (C=O) groups excluding carboxylic acids is 2. The summed E-state index contributed by atoms with van der Waals surface area (Å²) >= 11 is 4.68. The van der Waals surface area contributed by atoms with E-state index >= 15 is 0 Å². The Morgan fingerprint density at radius 3 is 2.57 bits per heavy atom. The minimum atomic E-state index is -0.831. The first-order chi connectivity index (χ1) is 10.6. The monoisotopic (exact) mass is 404 g/mol. The number of benzene rings is 1. The smallest absolute Gasteiger partial charge is 0.408 e. The van der Waals surface area contributed by atoms with Gasteiger partial charge in [0.15, 0.2) is 0 Å². The molecule has 1 amide bonds. The molecule has 6 nitrogen and oxygen atoms in total. The van der Waals surface area contributed by atoms with E-state index in [0.29, 0.717) is 5.69 Å². The molecule has 0 aliphatic carbocycles. The number of alkyl carbamates (subject to hydrolysis) is 1. The highest BCUT2D eigenvalue weighted by molar-refractivity contribution is 9.10. The topological polar surface area (TPSA) is 90.6 Å². The van der Waals surface area contributed by atoms with E-state index in [9.17, 15) is 9.59 Å². The molecule has 0 bridgehead atoms. The van der Waals surface area contributed by atoms with Gasteiger partial charge in [-0.25, -0.2) is 9.59 Å². The van der Waals surface area contributed by atoms with Gasteiger partial charge in [0, 0.05) is 20.8 Å². The van der Waals surface area contributed by atoms with Crippen LogP contribution in [0.3, 0.4) is 0 Å². The fraction of sp³-hybridized carbons (Fsp3) is 0.467. The number of carbonyl (C=O) groups is 2. The van der Waals surface area contributed by atoms with Crippen LogP contribution < -0.4 is 11.1 Å². The summed E-state index contributed by atoms with van der Waals surface area (Å²) in [7, 11) is 1.27. The Bertz CT molecular complexity index is 575. The number of methoxy groups -OCH3 is 1. The number of thioether (sulfide) groups is 1. The lowest BCUT2D eigenvalue weighted by molar-refractivity contribution is -0.142. The van der Waals surface area contributed by atoms with Gasteiger partial charge in [0.25, 0.3) is 0 Å². The summed E-state index contributed by atoms with van der Waals surface area (Å²) in [6.07, 6.45) is -0.669. The molecule has 128 valence electrons. The van der Waals surface area contributed by atoms with Crippen LogP contribution >= 0.6 is 27.7 Å². The van der Waals surface area contributed by atoms with Gasteiger partial charge in [-0.2, -0.15) is 0 Å². The molecule has 1 aromatic carbocycles. The minimum Gasteiger partial charge on any atom is -0.467 e. The van der Waals surface area contributed by atoms with Crippen LogP contribution in [0.15, 0.2) is 27.6 Å². The summed E-state index contributed by atoms with van der Waals surface area (Å²) in [6, 6.07) is 4.64. The summed E-state index contributed by atoms with van der Waals surface area (Å²) in [6.45, 7) is 5.24. The number of nitrogen functional groups attached to an aromatic ring is 1. The number of hydrogen-bond donors (Lipinski definition) is 2. The van der Waals surface area contributed by atoms with Crippen LogP contribution in [0.5, 0.6) is 0 Å². The first kappa shape index (κ1) is 19.6. The zero-order chi connectivity index (χ0) is 17.6. The lowest BCUT2D eigenvalue weighted by Crippen LogP contribution is -2.45. The number of rotatable bonds is 5. The molecule has 0 aliphatic rings. The summed E-state index contributed by atoms with van der Waals surface area (Å²) in [4.78, 5) is 24.5. The number of amides is 1. The SMILES string of the molecule is COC(=O)C(CSc1ccc(Br)cc1N)NC(=O)OC(C)(C)C. The van der Waals surface area contributed by atoms with Crippen molar-refractivity contribution in [3.05, 3.63) is 22.7 Å². The number of ether oxygens (including phenoxy) is 2. The predicted octanol–water partition coefficient (Wildman–Crippen LogP) is 3.19. The van der Waals surface area contributed by atoms with Crippen molar-refractivity contribution in [2.45, 2.75) is 37.3 Å². The van der Waals surface area contributed by atoms with Crippen molar-refractivity contribution < 1.29 is 19.1 Å². The van der Waals surface area contributed by atoms with Crippen LogP contribution in [-0.2, 0) is 14.3 Å². The van der Waals surface area contributed by atoms with Crippen molar-refractivity contribution in [2.75, 3.05) is 18.6 Å². The molecule has 0 heterocycles. The molecule has 0 radical (unpaired) electrons. The lowest BCUT2D eigenvalue weighted by Gasteiger charge is -2.22. The molecular weight excluding hydrogens is 384 g/mol. The standard InChI is InChI=1S/C15H21BrN2O4S/c1-15(2,3)22-14(20)18-11(13(19)21-4)8-23-12-6-5-9(16)7-10(12)17/h5-7,11H,8,17H2,1-4H3,(H,18,20). The van der Waals surface area contributed by atoms with Gasteiger partial charge in [0.05, 0.1) is 7.11 Å². The molecule has 23 heavy (non-hydrogen) atoms. The lowest BCUT2D eigenvalue weighted by atomic mass is 10.2. The molecule has 0 fully saturated rings. The van der Waals surface area contributed by atoms with Crippen LogP contribution in [0.25, 0.3) is 0 Å². The Kier molecular flexibility index (Phi) is 7.21. The number of anilines is 1. The van der Waals surface area contributed by atoms with Crippen molar-refractivity contribution in [1.29, 1.82) is 0 Å². The minimum absolute atomic E-state index is 0.276. The Labute approximate surface area is 148 Å². The summed E-state index contributed by atoms with van der Waals surface area (Å²) in [5, 5.41) is 2.52. The first-order valence-corrected chi connectivity index (χ1v) is 8.65. The van der Waals surface area contributed by atoms with Crippen molar-refractivity contribution >= 4 is 45.4 Å². The summed E-state index contributed by atoms with van der Waals surface area (Å²) in [5.74, 6) is -0.267. The maximum atomic E-state index is 11.8. The molecule has 1 unspecified atom stereocenters. The zero-order valence-corrected chi connectivity index (χ0v) is 15.9. The molecule has 1 aromatic rings. The average molecular weight is 405 g/mol. The van der Waals surface area contributed by atoms with Crippen LogP contribution in [0.2, 0.25) is 0 Å². The van der Waals surface area contributed by atoms with E-state index in [2.05, 4.69) is 21.2 Å². The summed E-state index contributed by atoms with van der Waals surface area (Å²) in [5.41, 5.74) is 5.87. The van der Waals surface area contributed by atoms with Gasteiger partial charge in [0.1, 0.15) is 11.6 Å². The Morgan fingerprint density at radius 2 is 2.04 bits per heavy atom. The molecule has 1 atom stereocenters. The van der Waals surface area contributed by atoms with Crippen molar-refractivity contribution in [3.63, 3.8) is 0 Å². The van der Waals surface area contributed by atoms with E-state index in [1.165, 1.54) is 18.9 Å². The average Bonchev–Trinajstić information content (AvgIpc) is 2.42. The molecule has 1 rings (SSSR count). The number of halogens is 1. The molecule has 0 aromatic heterocycles. The maximum Gasteiger partial charge on any atom is 0.408 e. The van der Waals surface area contributed by atoms with Crippen molar-refractivity contribution in [3.8, 4) is 0 Å². The van der Waals surface area contributed by atoms with Gasteiger partial charge >= 0.3 is 12.1 Å². The fourth-order valence-electron chi connectivity index (χ4n) is 1.58. The van der Waals surface area contributed by atoms with Gasteiger partial charge in [-0.1, -0.05) is 15.9 Å². The molecule has 0 spiro atoms.